The minimum absolute atomic E-state index is 0.0862. The fraction of sp³-hybridized carbons (Fsp3) is 0.625. The number of hydrogen-bond donors (Lipinski definition) is 0. The molecule has 0 saturated heterocycles. The minimum atomic E-state index is -0.0862. The molecule has 1 unspecified atom stereocenters. The zero-order valence-corrected chi connectivity index (χ0v) is 14.4. The topological polar surface area (TPSA) is 30.7 Å². The standard InChI is InChI=1S/C16H22ClN3S/c1-10-8-9-18-16-14(10)19-15(11(2)17)20(16)12-4-6-13(21-3)7-5-12/h8-9,11-13H,4-7H2,1-3H3. The van der Waals surface area contributed by atoms with Gasteiger partial charge >= 0.3 is 0 Å². The Bertz CT molecular complexity index is 630. The number of rotatable bonds is 3. The van der Waals surface area contributed by atoms with E-state index in [2.05, 4.69) is 22.7 Å². The van der Waals surface area contributed by atoms with Gasteiger partial charge in [0, 0.05) is 17.5 Å². The van der Waals surface area contributed by atoms with Crippen LogP contribution < -0.4 is 0 Å². The molecule has 0 bridgehead atoms. The first-order chi connectivity index (χ1) is 10.1. The molecule has 0 N–H and O–H groups in total. The smallest absolute Gasteiger partial charge is 0.160 e. The van der Waals surface area contributed by atoms with Gasteiger partial charge in [0.1, 0.15) is 11.3 Å². The monoisotopic (exact) mass is 323 g/mol. The zero-order valence-electron chi connectivity index (χ0n) is 12.8. The van der Waals surface area contributed by atoms with Crippen LogP contribution in [0.3, 0.4) is 0 Å². The van der Waals surface area contributed by atoms with Crippen molar-refractivity contribution >= 4 is 34.5 Å². The first-order valence-electron chi connectivity index (χ1n) is 7.62. The van der Waals surface area contributed by atoms with Crippen LogP contribution in [0.2, 0.25) is 0 Å². The highest BCUT2D eigenvalue weighted by Crippen LogP contribution is 2.38. The molecule has 1 atom stereocenters. The zero-order chi connectivity index (χ0) is 15.0. The fourth-order valence-corrected chi connectivity index (χ4v) is 4.20. The van der Waals surface area contributed by atoms with Crippen molar-refractivity contribution in [2.24, 2.45) is 0 Å². The second-order valence-corrected chi connectivity index (χ2v) is 7.72. The van der Waals surface area contributed by atoms with Crippen molar-refractivity contribution in [1.82, 2.24) is 14.5 Å². The average Bonchev–Trinajstić information content (AvgIpc) is 2.88. The maximum atomic E-state index is 6.39. The maximum Gasteiger partial charge on any atom is 0.160 e. The molecule has 1 aliphatic carbocycles. The molecule has 21 heavy (non-hydrogen) atoms. The van der Waals surface area contributed by atoms with E-state index in [4.69, 9.17) is 16.6 Å². The number of fused-ring (bicyclic) bond motifs is 1. The van der Waals surface area contributed by atoms with Crippen LogP contribution >= 0.6 is 23.4 Å². The Morgan fingerprint density at radius 1 is 1.33 bits per heavy atom. The molecule has 0 spiro atoms. The molecule has 3 nitrogen and oxygen atoms in total. The van der Waals surface area contributed by atoms with E-state index in [-0.39, 0.29) is 5.38 Å². The van der Waals surface area contributed by atoms with Gasteiger partial charge in [0.25, 0.3) is 0 Å². The molecule has 1 fully saturated rings. The van der Waals surface area contributed by atoms with Gasteiger partial charge in [-0.2, -0.15) is 11.8 Å². The Kier molecular flexibility index (Phi) is 4.46. The summed E-state index contributed by atoms with van der Waals surface area (Å²) in [5, 5.41) is 0.722. The molecule has 1 aliphatic rings. The first kappa shape index (κ1) is 15.2. The van der Waals surface area contributed by atoms with Crippen LogP contribution in [-0.2, 0) is 0 Å². The molecular weight excluding hydrogens is 302 g/mol. The molecule has 2 heterocycles. The van der Waals surface area contributed by atoms with Gasteiger partial charge in [0.2, 0.25) is 0 Å². The lowest BCUT2D eigenvalue weighted by Gasteiger charge is -2.29. The van der Waals surface area contributed by atoms with E-state index < -0.39 is 0 Å². The van der Waals surface area contributed by atoms with E-state index in [0.29, 0.717) is 6.04 Å². The Labute approximate surface area is 135 Å². The first-order valence-corrected chi connectivity index (χ1v) is 9.34. The van der Waals surface area contributed by atoms with Gasteiger partial charge in [-0.15, -0.1) is 11.6 Å². The molecule has 0 aliphatic heterocycles. The van der Waals surface area contributed by atoms with E-state index >= 15 is 0 Å². The summed E-state index contributed by atoms with van der Waals surface area (Å²) >= 11 is 8.39. The van der Waals surface area contributed by atoms with Gasteiger partial charge in [-0.3, -0.25) is 0 Å². The molecule has 5 heteroatoms. The van der Waals surface area contributed by atoms with E-state index in [1.54, 1.807) is 0 Å². The maximum absolute atomic E-state index is 6.39. The molecule has 114 valence electrons. The lowest BCUT2D eigenvalue weighted by Crippen LogP contribution is -2.21. The van der Waals surface area contributed by atoms with Crippen LogP contribution in [0.1, 0.15) is 55.4 Å². The number of aromatic nitrogens is 3. The van der Waals surface area contributed by atoms with Gasteiger partial charge in [-0.25, -0.2) is 9.97 Å². The number of pyridine rings is 1. The second kappa shape index (κ2) is 6.17. The van der Waals surface area contributed by atoms with Gasteiger partial charge in [-0.1, -0.05) is 0 Å². The average molecular weight is 324 g/mol. The summed E-state index contributed by atoms with van der Waals surface area (Å²) < 4.78 is 2.32. The van der Waals surface area contributed by atoms with Crippen molar-refractivity contribution in [3.05, 3.63) is 23.7 Å². The lowest BCUT2D eigenvalue weighted by atomic mass is 9.94. The predicted octanol–water partition coefficient (Wildman–Crippen LogP) is 4.89. The normalized spacial score (nSPS) is 24.4. The number of hydrogen-bond acceptors (Lipinski definition) is 3. The van der Waals surface area contributed by atoms with Crippen LogP contribution in [0.5, 0.6) is 0 Å². The summed E-state index contributed by atoms with van der Waals surface area (Å²) in [7, 11) is 0. The number of alkyl halides is 1. The fourth-order valence-electron chi connectivity index (χ4n) is 3.31. The van der Waals surface area contributed by atoms with E-state index in [1.807, 2.05) is 30.9 Å². The highest BCUT2D eigenvalue weighted by atomic mass is 35.5. The van der Waals surface area contributed by atoms with Gasteiger partial charge in [-0.05, 0) is 57.4 Å². The number of thioether (sulfide) groups is 1. The second-order valence-electron chi connectivity index (χ2n) is 5.92. The number of imidazole rings is 1. The summed E-state index contributed by atoms with van der Waals surface area (Å²) in [4.78, 5) is 9.39. The number of aryl methyl sites for hydroxylation is 1. The summed E-state index contributed by atoms with van der Waals surface area (Å²) in [6, 6.07) is 2.51. The minimum Gasteiger partial charge on any atom is -0.308 e. The number of nitrogens with zero attached hydrogens (tertiary/aromatic N) is 3. The van der Waals surface area contributed by atoms with E-state index in [0.717, 1.165) is 22.2 Å². The summed E-state index contributed by atoms with van der Waals surface area (Å²) in [5.74, 6) is 0.973. The molecule has 0 aromatic carbocycles. The molecule has 0 radical (unpaired) electrons. The van der Waals surface area contributed by atoms with Gasteiger partial charge in [0.15, 0.2) is 5.65 Å². The predicted molar refractivity (Wildman–Crippen MR) is 91.3 cm³/mol. The molecule has 2 aromatic rings. The molecule has 2 aromatic heterocycles. The Hall–Kier alpha value is -0.740. The summed E-state index contributed by atoms with van der Waals surface area (Å²) in [6.07, 6.45) is 9.04. The Morgan fingerprint density at radius 2 is 2.05 bits per heavy atom. The summed E-state index contributed by atoms with van der Waals surface area (Å²) in [5.41, 5.74) is 3.19. The van der Waals surface area contributed by atoms with Crippen molar-refractivity contribution in [1.29, 1.82) is 0 Å². The number of halogens is 1. The van der Waals surface area contributed by atoms with Crippen molar-refractivity contribution in [2.45, 2.75) is 56.2 Å². The van der Waals surface area contributed by atoms with Gasteiger partial charge < -0.3 is 4.57 Å². The van der Waals surface area contributed by atoms with Crippen molar-refractivity contribution < 1.29 is 0 Å². The Morgan fingerprint density at radius 3 is 2.67 bits per heavy atom. The van der Waals surface area contributed by atoms with Gasteiger partial charge in [0.05, 0.1) is 5.38 Å². The molecule has 1 saturated carbocycles. The van der Waals surface area contributed by atoms with Crippen molar-refractivity contribution in [2.75, 3.05) is 6.26 Å². The van der Waals surface area contributed by atoms with Crippen LogP contribution in [0.15, 0.2) is 12.3 Å². The van der Waals surface area contributed by atoms with Crippen LogP contribution in [0.25, 0.3) is 11.2 Å². The lowest BCUT2D eigenvalue weighted by molar-refractivity contribution is 0.357. The Balaban J connectivity index is 2.04. The van der Waals surface area contributed by atoms with Crippen LogP contribution in [-0.4, -0.2) is 26.0 Å². The van der Waals surface area contributed by atoms with Crippen molar-refractivity contribution in [3.8, 4) is 0 Å². The third kappa shape index (κ3) is 2.80. The quantitative estimate of drug-likeness (QED) is 0.754. The highest BCUT2D eigenvalue weighted by Gasteiger charge is 2.27. The van der Waals surface area contributed by atoms with Crippen LogP contribution in [0.4, 0.5) is 0 Å². The summed E-state index contributed by atoms with van der Waals surface area (Å²) in [6.45, 7) is 4.09. The molecule has 0 amide bonds. The third-order valence-corrected chi connectivity index (χ3v) is 5.84. The third-order valence-electron chi connectivity index (χ3n) is 4.51. The molecule has 3 rings (SSSR count). The highest BCUT2D eigenvalue weighted by molar-refractivity contribution is 7.99. The SMILES string of the molecule is CSC1CCC(n2c(C(C)Cl)nc3c(C)ccnc32)CC1. The largest absolute Gasteiger partial charge is 0.308 e. The van der Waals surface area contributed by atoms with Crippen molar-refractivity contribution in [3.63, 3.8) is 0 Å². The van der Waals surface area contributed by atoms with Crippen LogP contribution in [0, 0.1) is 6.92 Å². The van der Waals surface area contributed by atoms with E-state index in [9.17, 15) is 0 Å². The van der Waals surface area contributed by atoms with E-state index in [1.165, 1.54) is 31.2 Å². The molecular formula is C16H22ClN3S.